The number of hydrogen-bond acceptors (Lipinski definition) is 7. The standard InChI is InChI=1S/C23H27N5O5/c1-14(2)28-21-17(12-24-28)16(11-18(26-21)19-9-6-10-32-19)22(30)33-13-20(29)27-23(31)25-15-7-4-3-5-8-15/h6,9-12,14-15H,3-5,7-8,13H2,1-2H3,(H2,25,27,29,31). The minimum absolute atomic E-state index is 0.0131. The second-order valence-electron chi connectivity index (χ2n) is 8.39. The molecule has 1 aliphatic rings. The first-order valence-electron chi connectivity index (χ1n) is 11.1. The predicted molar refractivity (Wildman–Crippen MR) is 119 cm³/mol. The molecule has 0 bridgehead atoms. The third-order valence-electron chi connectivity index (χ3n) is 5.58. The number of pyridine rings is 1. The summed E-state index contributed by atoms with van der Waals surface area (Å²) in [6, 6.07) is 4.51. The van der Waals surface area contributed by atoms with Crippen LogP contribution in [0.25, 0.3) is 22.5 Å². The van der Waals surface area contributed by atoms with Gasteiger partial charge in [0.1, 0.15) is 5.69 Å². The Labute approximate surface area is 190 Å². The number of nitrogens with one attached hydrogen (secondary N) is 2. The molecule has 1 aliphatic carbocycles. The van der Waals surface area contributed by atoms with E-state index in [1.54, 1.807) is 29.1 Å². The van der Waals surface area contributed by atoms with Crippen LogP contribution < -0.4 is 10.6 Å². The molecular weight excluding hydrogens is 426 g/mol. The molecule has 4 rings (SSSR count). The van der Waals surface area contributed by atoms with E-state index in [2.05, 4.69) is 20.7 Å². The van der Waals surface area contributed by atoms with Crippen LogP contribution in [0.5, 0.6) is 0 Å². The maximum Gasteiger partial charge on any atom is 0.339 e. The number of carbonyl (C=O) groups is 3. The number of hydrogen-bond donors (Lipinski definition) is 2. The Kier molecular flexibility index (Phi) is 6.71. The summed E-state index contributed by atoms with van der Waals surface area (Å²) in [7, 11) is 0. The van der Waals surface area contributed by atoms with Gasteiger partial charge in [0, 0.05) is 12.1 Å². The summed E-state index contributed by atoms with van der Waals surface area (Å²) in [5.41, 5.74) is 1.15. The van der Waals surface area contributed by atoms with Crippen LogP contribution in [-0.2, 0) is 9.53 Å². The number of esters is 1. The summed E-state index contributed by atoms with van der Waals surface area (Å²) >= 11 is 0. The molecule has 0 aliphatic heterocycles. The van der Waals surface area contributed by atoms with Crippen molar-refractivity contribution in [2.45, 2.75) is 58.0 Å². The maximum absolute atomic E-state index is 12.9. The van der Waals surface area contributed by atoms with Crippen molar-refractivity contribution in [1.29, 1.82) is 0 Å². The Balaban J connectivity index is 1.46. The zero-order valence-electron chi connectivity index (χ0n) is 18.7. The highest BCUT2D eigenvalue weighted by Gasteiger charge is 2.22. The monoisotopic (exact) mass is 453 g/mol. The molecule has 174 valence electrons. The molecule has 0 spiro atoms. The van der Waals surface area contributed by atoms with Crippen LogP contribution in [0.2, 0.25) is 0 Å². The SMILES string of the molecule is CC(C)n1ncc2c(C(=O)OCC(=O)NC(=O)NC3CCCCC3)cc(-c3ccco3)nc21. The fraction of sp³-hybridized carbons (Fsp3) is 0.435. The van der Waals surface area contributed by atoms with Gasteiger partial charge in [-0.3, -0.25) is 10.1 Å². The smallest absolute Gasteiger partial charge is 0.339 e. The van der Waals surface area contributed by atoms with Crippen LogP contribution in [0.1, 0.15) is 62.4 Å². The Hall–Kier alpha value is -3.69. The number of nitrogens with zero attached hydrogens (tertiary/aromatic N) is 3. The van der Waals surface area contributed by atoms with E-state index in [9.17, 15) is 14.4 Å². The molecule has 1 fully saturated rings. The number of furan rings is 1. The first-order valence-corrected chi connectivity index (χ1v) is 11.1. The number of ether oxygens (including phenoxy) is 1. The van der Waals surface area contributed by atoms with Gasteiger partial charge in [-0.2, -0.15) is 5.10 Å². The topological polar surface area (TPSA) is 128 Å². The minimum atomic E-state index is -0.721. The number of amides is 3. The normalized spacial score (nSPS) is 14.4. The summed E-state index contributed by atoms with van der Waals surface area (Å²) in [6.45, 7) is 3.32. The zero-order valence-corrected chi connectivity index (χ0v) is 18.7. The van der Waals surface area contributed by atoms with Gasteiger partial charge in [0.05, 0.1) is 23.4 Å². The van der Waals surface area contributed by atoms with Gasteiger partial charge in [0.25, 0.3) is 5.91 Å². The maximum atomic E-state index is 12.9. The Morgan fingerprint density at radius 2 is 2.03 bits per heavy atom. The molecule has 33 heavy (non-hydrogen) atoms. The van der Waals surface area contributed by atoms with Gasteiger partial charge in [0.15, 0.2) is 18.0 Å². The highest BCUT2D eigenvalue weighted by Crippen LogP contribution is 2.27. The molecule has 2 N–H and O–H groups in total. The van der Waals surface area contributed by atoms with E-state index in [1.165, 1.54) is 6.26 Å². The Morgan fingerprint density at radius 1 is 1.24 bits per heavy atom. The molecule has 1 saturated carbocycles. The summed E-state index contributed by atoms with van der Waals surface area (Å²) in [5, 5.41) is 9.84. The van der Waals surface area contributed by atoms with E-state index >= 15 is 0 Å². The summed E-state index contributed by atoms with van der Waals surface area (Å²) in [6.07, 6.45) is 8.14. The van der Waals surface area contributed by atoms with Gasteiger partial charge in [0.2, 0.25) is 0 Å². The van der Waals surface area contributed by atoms with Crippen molar-refractivity contribution in [3.05, 3.63) is 36.2 Å². The molecule has 3 amide bonds. The van der Waals surface area contributed by atoms with Crippen molar-refractivity contribution >= 4 is 28.9 Å². The third kappa shape index (κ3) is 5.21. The third-order valence-corrected chi connectivity index (χ3v) is 5.58. The van der Waals surface area contributed by atoms with Crippen LogP contribution in [-0.4, -0.2) is 45.3 Å². The van der Waals surface area contributed by atoms with Crippen molar-refractivity contribution in [3.8, 4) is 11.5 Å². The fourth-order valence-corrected chi connectivity index (χ4v) is 3.96. The van der Waals surface area contributed by atoms with Gasteiger partial charge in [-0.05, 0) is 44.9 Å². The second-order valence-corrected chi connectivity index (χ2v) is 8.39. The first-order chi connectivity index (χ1) is 15.9. The number of carbonyl (C=O) groups excluding carboxylic acids is 3. The van der Waals surface area contributed by atoms with Crippen molar-refractivity contribution in [2.75, 3.05) is 6.61 Å². The average Bonchev–Trinajstić information content (AvgIpc) is 3.47. The molecule has 0 aromatic carbocycles. The Morgan fingerprint density at radius 3 is 2.73 bits per heavy atom. The van der Waals surface area contributed by atoms with Gasteiger partial charge < -0.3 is 14.5 Å². The van der Waals surface area contributed by atoms with E-state index in [-0.39, 0.29) is 17.6 Å². The van der Waals surface area contributed by atoms with Crippen LogP contribution in [0.4, 0.5) is 4.79 Å². The van der Waals surface area contributed by atoms with Crippen molar-refractivity contribution in [3.63, 3.8) is 0 Å². The van der Waals surface area contributed by atoms with Gasteiger partial charge in [-0.15, -0.1) is 0 Å². The van der Waals surface area contributed by atoms with E-state index in [0.29, 0.717) is 22.5 Å². The number of imide groups is 1. The van der Waals surface area contributed by atoms with Gasteiger partial charge in [-0.25, -0.2) is 19.3 Å². The van der Waals surface area contributed by atoms with E-state index < -0.39 is 24.5 Å². The second kappa shape index (κ2) is 9.85. The molecule has 10 nitrogen and oxygen atoms in total. The van der Waals surface area contributed by atoms with E-state index in [4.69, 9.17) is 9.15 Å². The summed E-state index contributed by atoms with van der Waals surface area (Å²) in [4.78, 5) is 41.7. The van der Waals surface area contributed by atoms with Crippen LogP contribution in [0, 0.1) is 0 Å². The fourth-order valence-electron chi connectivity index (χ4n) is 3.96. The molecule has 0 unspecified atom stereocenters. The predicted octanol–water partition coefficient (Wildman–Crippen LogP) is 3.59. The number of aromatic nitrogens is 3. The van der Waals surface area contributed by atoms with Gasteiger partial charge in [-0.1, -0.05) is 19.3 Å². The molecule has 0 radical (unpaired) electrons. The molecular formula is C23H27N5O5. The highest BCUT2D eigenvalue weighted by atomic mass is 16.5. The minimum Gasteiger partial charge on any atom is -0.463 e. The van der Waals surface area contributed by atoms with Crippen LogP contribution in [0.15, 0.2) is 35.1 Å². The molecule has 10 heteroatoms. The zero-order chi connectivity index (χ0) is 23.4. The molecule has 3 aromatic heterocycles. The molecule has 3 heterocycles. The highest BCUT2D eigenvalue weighted by molar-refractivity contribution is 6.04. The quantitative estimate of drug-likeness (QED) is 0.546. The average molecular weight is 453 g/mol. The Bertz CT molecular complexity index is 1150. The number of fused-ring (bicyclic) bond motifs is 1. The lowest BCUT2D eigenvalue weighted by atomic mass is 9.96. The lowest BCUT2D eigenvalue weighted by Gasteiger charge is -2.22. The van der Waals surface area contributed by atoms with Crippen LogP contribution >= 0.6 is 0 Å². The molecule has 0 saturated heterocycles. The van der Waals surface area contributed by atoms with Crippen molar-refractivity contribution in [2.24, 2.45) is 0 Å². The lowest BCUT2D eigenvalue weighted by Crippen LogP contribution is -2.46. The molecule has 3 aromatic rings. The lowest BCUT2D eigenvalue weighted by molar-refractivity contribution is -0.123. The summed E-state index contributed by atoms with van der Waals surface area (Å²) in [5.74, 6) is -0.938. The molecule has 0 atom stereocenters. The van der Waals surface area contributed by atoms with Crippen molar-refractivity contribution < 1.29 is 23.5 Å². The first kappa shape index (κ1) is 22.5. The number of urea groups is 1. The van der Waals surface area contributed by atoms with Crippen LogP contribution in [0.3, 0.4) is 0 Å². The van der Waals surface area contributed by atoms with E-state index in [1.807, 2.05) is 13.8 Å². The van der Waals surface area contributed by atoms with Gasteiger partial charge >= 0.3 is 12.0 Å². The number of rotatable bonds is 6. The summed E-state index contributed by atoms with van der Waals surface area (Å²) < 4.78 is 12.3. The largest absolute Gasteiger partial charge is 0.463 e. The van der Waals surface area contributed by atoms with E-state index in [0.717, 1.165) is 32.1 Å². The van der Waals surface area contributed by atoms with Crippen molar-refractivity contribution in [1.82, 2.24) is 25.4 Å².